The molecule has 3 N–H and O–H groups in total. The normalized spacial score (nSPS) is 33.3. The van der Waals surface area contributed by atoms with Gasteiger partial charge in [-0.1, -0.05) is 11.8 Å². The molecule has 0 aliphatic carbocycles. The van der Waals surface area contributed by atoms with E-state index >= 15 is 0 Å². The lowest BCUT2D eigenvalue weighted by Gasteiger charge is -2.37. The number of aliphatic imine (C=N–C) groups is 1. The topological polar surface area (TPSA) is 74.1 Å². The first-order valence-electron chi connectivity index (χ1n) is 5.35. The Morgan fingerprint density at radius 1 is 1.47 bits per heavy atom. The molecule has 0 amide bonds. The molecule has 112 valence electrons. The molecule has 5 nitrogen and oxygen atoms in total. The minimum absolute atomic E-state index is 0.124. The predicted molar refractivity (Wildman–Crippen MR) is 61.2 cm³/mol. The molecule has 4 atom stereocenters. The van der Waals surface area contributed by atoms with E-state index in [9.17, 15) is 27.9 Å². The van der Waals surface area contributed by atoms with Crippen molar-refractivity contribution >= 4 is 16.9 Å². The molecule has 0 aromatic carbocycles. The lowest BCUT2D eigenvalue weighted by Crippen LogP contribution is -2.49. The van der Waals surface area contributed by atoms with E-state index in [2.05, 4.69) is 4.99 Å². The molecule has 2 unspecified atom stereocenters. The van der Waals surface area contributed by atoms with Crippen molar-refractivity contribution in [3.05, 3.63) is 0 Å². The van der Waals surface area contributed by atoms with Gasteiger partial charge in [-0.05, 0) is 0 Å². The van der Waals surface area contributed by atoms with E-state index in [1.807, 2.05) is 0 Å². The molecule has 0 bridgehead atoms. The van der Waals surface area contributed by atoms with E-state index in [0.717, 1.165) is 0 Å². The van der Waals surface area contributed by atoms with Crippen molar-refractivity contribution in [3.63, 3.8) is 0 Å². The summed E-state index contributed by atoms with van der Waals surface area (Å²) < 4.78 is 54.1. The van der Waals surface area contributed by atoms with Crippen LogP contribution >= 0.6 is 11.8 Å². The van der Waals surface area contributed by atoms with Gasteiger partial charge in [0, 0.05) is 13.5 Å². The molecule has 1 fully saturated rings. The summed E-state index contributed by atoms with van der Waals surface area (Å²) >= 11 is 0.704. The van der Waals surface area contributed by atoms with Crippen LogP contribution in [0.15, 0.2) is 4.99 Å². The van der Waals surface area contributed by atoms with Gasteiger partial charge in [0.1, 0.15) is 11.5 Å². The fourth-order valence-electron chi connectivity index (χ4n) is 1.63. The molecule has 19 heavy (non-hydrogen) atoms. The summed E-state index contributed by atoms with van der Waals surface area (Å²) in [6.07, 6.45) is -10.6. The number of aliphatic hydroxyl groups is 2. The number of halogens is 4. The zero-order chi connectivity index (χ0) is 14.6. The number of alkyl halides is 3. The molecule has 1 heterocycles. The zero-order valence-electron chi connectivity index (χ0n) is 9.89. The average molecular weight is 306 g/mol. The second-order valence-electron chi connectivity index (χ2n) is 3.96. The third-order valence-electron chi connectivity index (χ3n) is 2.50. The molecule has 0 aromatic rings. The predicted octanol–water partition coefficient (Wildman–Crippen LogP) is 0.969. The fraction of sp³-hybridized carbons (Fsp3) is 0.889. The van der Waals surface area contributed by atoms with Crippen molar-refractivity contribution in [1.82, 2.24) is 5.54 Å². The number of rotatable bonds is 2. The Hall–Kier alpha value is -0.580. The van der Waals surface area contributed by atoms with Crippen molar-refractivity contribution < 1.29 is 32.6 Å². The molecule has 0 aromatic heterocycles. The molecular formula is C9H14F4N2O3S. The van der Waals surface area contributed by atoms with Gasteiger partial charge in [0.2, 0.25) is 0 Å². The van der Waals surface area contributed by atoms with Crippen LogP contribution in [0.3, 0.4) is 0 Å². The standard InChI is InChI=1S/C9H14F4N2O3S/c1-14-8(15-13)19-6-2-4(16)7(17)5(18-6)3-9(10,11)12/h4-7,16-17H,2-3H2,1H3,(H,14,15)/t4?,5?,6-,7+/m1/s1. The maximum absolute atomic E-state index is 12.3. The van der Waals surface area contributed by atoms with Crippen LogP contribution in [0, 0.1) is 0 Å². The number of thioether (sulfide) groups is 1. The van der Waals surface area contributed by atoms with Crippen LogP contribution in [0.5, 0.6) is 0 Å². The highest BCUT2D eigenvalue weighted by Gasteiger charge is 2.43. The number of hydrogen-bond acceptors (Lipinski definition) is 5. The van der Waals surface area contributed by atoms with Gasteiger partial charge in [-0.3, -0.25) is 4.99 Å². The molecule has 1 saturated heterocycles. The first-order chi connectivity index (χ1) is 8.76. The Morgan fingerprint density at radius 3 is 2.58 bits per heavy atom. The third kappa shape index (κ3) is 5.13. The Bertz CT molecular complexity index is 329. The fourth-order valence-corrected chi connectivity index (χ4v) is 2.52. The highest BCUT2D eigenvalue weighted by molar-refractivity contribution is 8.14. The maximum atomic E-state index is 12.3. The molecular weight excluding hydrogens is 292 g/mol. The van der Waals surface area contributed by atoms with Gasteiger partial charge in [-0.15, -0.1) is 4.48 Å². The number of amidine groups is 1. The van der Waals surface area contributed by atoms with Gasteiger partial charge in [-0.2, -0.15) is 13.2 Å². The number of nitrogens with one attached hydrogen (secondary N) is 1. The molecule has 10 heteroatoms. The van der Waals surface area contributed by atoms with Crippen LogP contribution < -0.4 is 5.54 Å². The van der Waals surface area contributed by atoms with Crippen molar-refractivity contribution in [2.75, 3.05) is 7.05 Å². The van der Waals surface area contributed by atoms with Crippen molar-refractivity contribution in [1.29, 1.82) is 0 Å². The first kappa shape index (κ1) is 16.5. The summed E-state index contributed by atoms with van der Waals surface area (Å²) in [6.45, 7) is 0. The first-order valence-corrected chi connectivity index (χ1v) is 6.23. The average Bonchev–Trinajstić information content (AvgIpc) is 2.30. The Balaban J connectivity index is 2.67. The summed E-state index contributed by atoms with van der Waals surface area (Å²) in [6, 6.07) is 0. The molecule has 0 spiro atoms. The van der Waals surface area contributed by atoms with Gasteiger partial charge >= 0.3 is 6.18 Å². The number of aliphatic hydroxyl groups excluding tert-OH is 2. The quantitative estimate of drug-likeness (QED) is 0.307. The summed E-state index contributed by atoms with van der Waals surface area (Å²) in [7, 11) is 1.29. The van der Waals surface area contributed by atoms with E-state index in [1.165, 1.54) is 12.6 Å². The Kier molecular flexibility index (Phi) is 5.83. The maximum Gasteiger partial charge on any atom is 0.391 e. The smallest absolute Gasteiger partial charge is 0.390 e. The SMILES string of the molecule is CN=C(NF)S[C@@H]1CC(O)[C@H](O)C(CC(F)(F)F)O1. The van der Waals surface area contributed by atoms with Gasteiger partial charge in [-0.25, -0.2) is 5.54 Å². The monoisotopic (exact) mass is 306 g/mol. The van der Waals surface area contributed by atoms with Crippen molar-refractivity contribution in [3.8, 4) is 0 Å². The third-order valence-corrected chi connectivity index (χ3v) is 3.54. The molecule has 0 radical (unpaired) electrons. The van der Waals surface area contributed by atoms with Crippen molar-refractivity contribution in [2.24, 2.45) is 4.99 Å². The van der Waals surface area contributed by atoms with E-state index in [-0.39, 0.29) is 11.6 Å². The number of nitrogens with zero attached hydrogens (tertiary/aromatic N) is 1. The molecule has 1 aliphatic rings. The van der Waals surface area contributed by atoms with Crippen molar-refractivity contribution in [2.45, 2.75) is 42.8 Å². The Labute approximate surface area is 111 Å². The van der Waals surface area contributed by atoms with Gasteiger partial charge in [0.05, 0.1) is 18.6 Å². The highest BCUT2D eigenvalue weighted by atomic mass is 32.2. The Morgan fingerprint density at radius 2 is 2.11 bits per heavy atom. The van der Waals surface area contributed by atoms with Gasteiger partial charge in [0.25, 0.3) is 0 Å². The van der Waals surface area contributed by atoms with E-state index < -0.39 is 36.3 Å². The van der Waals surface area contributed by atoms with Gasteiger partial charge in [0.15, 0.2) is 5.17 Å². The number of ether oxygens (including phenoxy) is 1. The largest absolute Gasteiger partial charge is 0.391 e. The summed E-state index contributed by atoms with van der Waals surface area (Å²) in [5.41, 5.74) is 0.331. The summed E-state index contributed by atoms with van der Waals surface area (Å²) in [5, 5.41) is 18.8. The van der Waals surface area contributed by atoms with Crippen LogP contribution in [-0.2, 0) is 4.74 Å². The van der Waals surface area contributed by atoms with Crippen LogP contribution in [0.4, 0.5) is 17.7 Å². The minimum atomic E-state index is -4.53. The van der Waals surface area contributed by atoms with Crippen LogP contribution in [-0.4, -0.2) is 52.4 Å². The second kappa shape index (κ2) is 6.73. The summed E-state index contributed by atoms with van der Waals surface area (Å²) in [5.74, 6) is 0. The second-order valence-corrected chi connectivity index (χ2v) is 5.11. The van der Waals surface area contributed by atoms with Crippen LogP contribution in [0.1, 0.15) is 12.8 Å². The molecule has 1 aliphatic heterocycles. The lowest BCUT2D eigenvalue weighted by atomic mass is 10.00. The summed E-state index contributed by atoms with van der Waals surface area (Å²) in [4.78, 5) is 3.49. The zero-order valence-corrected chi connectivity index (χ0v) is 10.7. The van der Waals surface area contributed by atoms with Gasteiger partial charge < -0.3 is 14.9 Å². The number of hydrogen-bond donors (Lipinski definition) is 3. The van der Waals surface area contributed by atoms with E-state index in [4.69, 9.17) is 4.74 Å². The minimum Gasteiger partial charge on any atom is -0.390 e. The van der Waals surface area contributed by atoms with E-state index in [1.54, 1.807) is 0 Å². The lowest BCUT2D eigenvalue weighted by molar-refractivity contribution is -0.206. The van der Waals surface area contributed by atoms with Crippen LogP contribution in [0.25, 0.3) is 0 Å². The highest BCUT2D eigenvalue weighted by Crippen LogP contribution is 2.33. The van der Waals surface area contributed by atoms with Crippen LogP contribution in [0.2, 0.25) is 0 Å². The molecule has 0 saturated carbocycles. The van der Waals surface area contributed by atoms with E-state index in [0.29, 0.717) is 11.8 Å². The molecule has 1 rings (SSSR count).